The van der Waals surface area contributed by atoms with Crippen LogP contribution in [0.4, 0.5) is 11.4 Å². The summed E-state index contributed by atoms with van der Waals surface area (Å²) in [4.78, 5) is 4.03. The van der Waals surface area contributed by atoms with Gasteiger partial charge in [-0.2, -0.15) is 10.2 Å². The number of hydrogen-bond donors (Lipinski definition) is 0. The summed E-state index contributed by atoms with van der Waals surface area (Å²) >= 11 is 0. The summed E-state index contributed by atoms with van der Waals surface area (Å²) in [6.07, 6.45) is 7.66. The van der Waals surface area contributed by atoms with Crippen LogP contribution in [0.5, 0.6) is 11.5 Å². The Hall–Kier alpha value is -3.15. The van der Waals surface area contributed by atoms with Gasteiger partial charge in [0, 0.05) is 18.9 Å². The molecule has 0 fully saturated rings. The highest BCUT2D eigenvalue weighted by atomic mass is 16.5. The van der Waals surface area contributed by atoms with Crippen molar-refractivity contribution in [3.63, 3.8) is 0 Å². The minimum atomic E-state index is 0.696. The third-order valence-corrected chi connectivity index (χ3v) is 3.83. The molecule has 26 heavy (non-hydrogen) atoms. The highest BCUT2D eigenvalue weighted by molar-refractivity contribution is 5.44. The lowest BCUT2D eigenvalue weighted by Crippen LogP contribution is -2.00. The summed E-state index contributed by atoms with van der Waals surface area (Å²) in [5.74, 6) is 1.64. The van der Waals surface area contributed by atoms with E-state index in [1.807, 2.05) is 61.1 Å². The third-order valence-electron chi connectivity index (χ3n) is 3.83. The number of methoxy groups -OCH3 is 1. The lowest BCUT2D eigenvalue weighted by Gasteiger charge is -2.06. The second-order valence-corrected chi connectivity index (χ2v) is 5.75. The number of rotatable bonds is 9. The van der Waals surface area contributed by atoms with Gasteiger partial charge < -0.3 is 14.0 Å². The van der Waals surface area contributed by atoms with Gasteiger partial charge in [0.2, 0.25) is 0 Å². The van der Waals surface area contributed by atoms with E-state index < -0.39 is 0 Å². The normalized spacial score (nSPS) is 11.0. The van der Waals surface area contributed by atoms with Gasteiger partial charge in [0.25, 0.3) is 0 Å². The lowest BCUT2D eigenvalue weighted by atomic mass is 10.3. The zero-order chi connectivity index (χ0) is 18.0. The van der Waals surface area contributed by atoms with Crippen molar-refractivity contribution in [3.8, 4) is 11.5 Å². The standard InChI is InChI=1S/C20H22N4O2/c1-25-19-8-4-17(5-9-19)22-23-18-6-10-20(11-7-18)26-15-3-2-13-24-14-12-21-16-24/h4-12,14,16H,2-3,13,15H2,1H3. The Bertz CT molecular complexity index is 797. The van der Waals surface area contributed by atoms with Crippen molar-refractivity contribution >= 4 is 11.4 Å². The summed E-state index contributed by atoms with van der Waals surface area (Å²) in [5, 5.41) is 8.44. The summed E-state index contributed by atoms with van der Waals surface area (Å²) in [6, 6.07) is 15.1. The SMILES string of the molecule is COc1ccc(N=Nc2ccc(OCCCCn3ccnc3)cc2)cc1. The van der Waals surface area contributed by atoms with Crippen LogP contribution in [0.2, 0.25) is 0 Å². The molecule has 0 aliphatic carbocycles. The molecule has 0 N–H and O–H groups in total. The van der Waals surface area contributed by atoms with Crippen molar-refractivity contribution in [1.29, 1.82) is 0 Å². The molecular weight excluding hydrogens is 328 g/mol. The van der Waals surface area contributed by atoms with Gasteiger partial charge >= 0.3 is 0 Å². The fourth-order valence-corrected chi connectivity index (χ4v) is 2.38. The molecule has 6 nitrogen and oxygen atoms in total. The number of aryl methyl sites for hydroxylation is 1. The van der Waals surface area contributed by atoms with Crippen LogP contribution in [0.25, 0.3) is 0 Å². The molecule has 2 aromatic carbocycles. The molecule has 0 aliphatic heterocycles. The van der Waals surface area contributed by atoms with Crippen molar-refractivity contribution in [1.82, 2.24) is 9.55 Å². The van der Waals surface area contributed by atoms with E-state index in [1.165, 1.54) is 0 Å². The smallest absolute Gasteiger partial charge is 0.119 e. The number of unbranched alkanes of at least 4 members (excludes halogenated alkanes) is 1. The molecule has 3 aromatic rings. The number of benzene rings is 2. The highest BCUT2D eigenvalue weighted by Crippen LogP contribution is 2.23. The Morgan fingerprint density at radius 2 is 1.54 bits per heavy atom. The summed E-state index contributed by atoms with van der Waals surface area (Å²) < 4.78 is 13.0. The second-order valence-electron chi connectivity index (χ2n) is 5.75. The highest BCUT2D eigenvalue weighted by Gasteiger charge is 1.97. The lowest BCUT2D eigenvalue weighted by molar-refractivity contribution is 0.303. The molecule has 0 saturated heterocycles. The van der Waals surface area contributed by atoms with Crippen molar-refractivity contribution in [2.75, 3.05) is 13.7 Å². The zero-order valence-corrected chi connectivity index (χ0v) is 14.8. The first-order chi connectivity index (χ1) is 12.8. The number of nitrogens with zero attached hydrogens (tertiary/aromatic N) is 4. The molecule has 1 aromatic heterocycles. The topological polar surface area (TPSA) is 61.0 Å². The molecule has 0 aliphatic rings. The van der Waals surface area contributed by atoms with E-state index in [1.54, 1.807) is 13.3 Å². The van der Waals surface area contributed by atoms with Crippen molar-refractivity contribution < 1.29 is 9.47 Å². The largest absolute Gasteiger partial charge is 0.497 e. The maximum Gasteiger partial charge on any atom is 0.119 e. The van der Waals surface area contributed by atoms with Crippen molar-refractivity contribution in [2.24, 2.45) is 10.2 Å². The maximum absolute atomic E-state index is 5.76. The quantitative estimate of drug-likeness (QED) is 0.395. The monoisotopic (exact) mass is 350 g/mol. The predicted octanol–water partition coefficient (Wildman–Crippen LogP) is 5.17. The van der Waals surface area contributed by atoms with E-state index in [0.29, 0.717) is 6.61 Å². The van der Waals surface area contributed by atoms with Crippen LogP contribution in [-0.4, -0.2) is 23.3 Å². The minimum absolute atomic E-state index is 0.696. The van der Waals surface area contributed by atoms with Crippen LogP contribution < -0.4 is 9.47 Å². The van der Waals surface area contributed by atoms with Crippen LogP contribution >= 0.6 is 0 Å². The van der Waals surface area contributed by atoms with Crippen LogP contribution in [0.15, 0.2) is 77.5 Å². The molecule has 0 spiro atoms. The fourth-order valence-electron chi connectivity index (χ4n) is 2.38. The number of ether oxygens (including phenoxy) is 2. The first-order valence-electron chi connectivity index (χ1n) is 8.58. The molecule has 6 heteroatoms. The Morgan fingerprint density at radius 1 is 0.885 bits per heavy atom. The molecule has 134 valence electrons. The third kappa shape index (κ3) is 5.44. The fraction of sp³-hybridized carbons (Fsp3) is 0.250. The molecule has 0 saturated carbocycles. The average molecular weight is 350 g/mol. The molecule has 0 radical (unpaired) electrons. The van der Waals surface area contributed by atoms with Crippen LogP contribution in [0.3, 0.4) is 0 Å². The molecular formula is C20H22N4O2. The number of azo groups is 1. The first kappa shape index (κ1) is 17.7. The second kappa shape index (κ2) is 9.36. The van der Waals surface area contributed by atoms with E-state index in [4.69, 9.17) is 9.47 Å². The Balaban J connectivity index is 1.41. The van der Waals surface area contributed by atoms with E-state index in [2.05, 4.69) is 19.8 Å². The number of imidazole rings is 1. The molecule has 0 amide bonds. The molecule has 0 atom stereocenters. The van der Waals surface area contributed by atoms with Gasteiger partial charge in [-0.25, -0.2) is 4.98 Å². The Labute approximate surface area is 153 Å². The van der Waals surface area contributed by atoms with Crippen molar-refractivity contribution in [2.45, 2.75) is 19.4 Å². The number of hydrogen-bond acceptors (Lipinski definition) is 5. The Morgan fingerprint density at radius 3 is 2.12 bits per heavy atom. The zero-order valence-electron chi connectivity index (χ0n) is 14.8. The summed E-state index contributed by atoms with van der Waals surface area (Å²) in [6.45, 7) is 1.66. The van der Waals surface area contributed by atoms with E-state index in [0.717, 1.165) is 42.3 Å². The van der Waals surface area contributed by atoms with E-state index in [-0.39, 0.29) is 0 Å². The van der Waals surface area contributed by atoms with Gasteiger partial charge in [0.05, 0.1) is 31.4 Å². The molecule has 0 unspecified atom stereocenters. The van der Waals surface area contributed by atoms with Crippen LogP contribution in [-0.2, 0) is 6.54 Å². The van der Waals surface area contributed by atoms with Gasteiger partial charge in [-0.05, 0) is 61.4 Å². The molecule has 0 bridgehead atoms. The Kier molecular flexibility index (Phi) is 6.36. The first-order valence-corrected chi connectivity index (χ1v) is 8.58. The predicted molar refractivity (Wildman–Crippen MR) is 101 cm³/mol. The summed E-state index contributed by atoms with van der Waals surface area (Å²) in [7, 11) is 1.64. The molecule has 3 rings (SSSR count). The minimum Gasteiger partial charge on any atom is -0.497 e. The van der Waals surface area contributed by atoms with Crippen molar-refractivity contribution in [3.05, 3.63) is 67.3 Å². The average Bonchev–Trinajstić information content (AvgIpc) is 3.21. The van der Waals surface area contributed by atoms with Crippen LogP contribution in [0.1, 0.15) is 12.8 Å². The number of aromatic nitrogens is 2. The van der Waals surface area contributed by atoms with Gasteiger partial charge in [-0.15, -0.1) is 0 Å². The van der Waals surface area contributed by atoms with E-state index in [9.17, 15) is 0 Å². The van der Waals surface area contributed by atoms with Gasteiger partial charge in [0.15, 0.2) is 0 Å². The maximum atomic E-state index is 5.76. The van der Waals surface area contributed by atoms with Gasteiger partial charge in [-0.3, -0.25) is 0 Å². The van der Waals surface area contributed by atoms with E-state index >= 15 is 0 Å². The molecule has 1 heterocycles. The van der Waals surface area contributed by atoms with Gasteiger partial charge in [-0.1, -0.05) is 0 Å². The van der Waals surface area contributed by atoms with Crippen LogP contribution in [0, 0.1) is 0 Å². The summed E-state index contributed by atoms with van der Waals surface area (Å²) in [5.41, 5.74) is 1.57. The van der Waals surface area contributed by atoms with Gasteiger partial charge in [0.1, 0.15) is 11.5 Å².